The van der Waals surface area contributed by atoms with Crippen LogP contribution in [0.4, 0.5) is 0 Å². The zero-order chi connectivity index (χ0) is 31.4. The Morgan fingerprint density at radius 1 is 0.867 bits per heavy atom. The van der Waals surface area contributed by atoms with Crippen molar-refractivity contribution in [2.45, 2.75) is 63.2 Å². The predicted octanol–water partition coefficient (Wildman–Crippen LogP) is 0.931. The topological polar surface area (TPSA) is 131 Å². The maximum Gasteiger partial charge on any atom is 0.246 e. The molecule has 3 N–H and O–H groups in total. The molecule has 0 aromatic heterocycles. The van der Waals surface area contributed by atoms with E-state index in [0.29, 0.717) is 65.5 Å². The number of fused-ring (bicyclic) bond motifs is 3. The van der Waals surface area contributed by atoms with Crippen LogP contribution in [-0.2, 0) is 35.1 Å². The van der Waals surface area contributed by atoms with Gasteiger partial charge in [-0.05, 0) is 68.2 Å². The van der Waals surface area contributed by atoms with E-state index in [0.717, 1.165) is 51.1 Å². The van der Waals surface area contributed by atoms with Crippen molar-refractivity contribution in [2.24, 2.45) is 11.8 Å². The van der Waals surface area contributed by atoms with Gasteiger partial charge in [0, 0.05) is 64.4 Å². The first-order valence-corrected chi connectivity index (χ1v) is 16.7. The zero-order valence-electron chi connectivity index (χ0n) is 26.7. The van der Waals surface area contributed by atoms with Crippen molar-refractivity contribution in [2.75, 3.05) is 79.5 Å². The second-order valence-corrected chi connectivity index (χ2v) is 12.8. The molecule has 4 heterocycles. The number of piperidine rings is 1. The van der Waals surface area contributed by atoms with Crippen molar-refractivity contribution in [3.8, 4) is 5.75 Å². The van der Waals surface area contributed by atoms with E-state index in [9.17, 15) is 14.4 Å². The number of likely N-dealkylation sites (tertiary alicyclic amines) is 2. The molecule has 45 heavy (non-hydrogen) atoms. The molecular weight excluding hydrogens is 578 g/mol. The summed E-state index contributed by atoms with van der Waals surface area (Å²) in [5.74, 6) is 1.20. The molecule has 0 unspecified atom stereocenters. The Balaban J connectivity index is 1.25. The van der Waals surface area contributed by atoms with Crippen molar-refractivity contribution in [3.05, 3.63) is 29.8 Å². The fourth-order valence-electron chi connectivity index (χ4n) is 7.29. The first kappa shape index (κ1) is 33.6. The lowest BCUT2D eigenvalue weighted by Gasteiger charge is -2.39. The summed E-state index contributed by atoms with van der Waals surface area (Å²) in [6.07, 6.45) is 4.50. The number of rotatable bonds is 4. The molecule has 12 heteroatoms. The number of amides is 3. The summed E-state index contributed by atoms with van der Waals surface area (Å²) in [5, 5.41) is 9.33. The number of carbonyl (C=O) groups is 3. The molecule has 0 saturated carbocycles. The van der Waals surface area contributed by atoms with Crippen molar-refractivity contribution in [3.63, 3.8) is 0 Å². The number of hydrogen-bond donors (Lipinski definition) is 3. The van der Waals surface area contributed by atoms with Gasteiger partial charge in [0.05, 0.1) is 33.0 Å². The molecule has 0 radical (unpaired) electrons. The third kappa shape index (κ3) is 10.1. The van der Waals surface area contributed by atoms with E-state index >= 15 is 0 Å². The summed E-state index contributed by atoms with van der Waals surface area (Å²) in [6.45, 7) is 6.55. The summed E-state index contributed by atoms with van der Waals surface area (Å²) >= 11 is 0. The van der Waals surface area contributed by atoms with Gasteiger partial charge in [-0.2, -0.15) is 0 Å². The van der Waals surface area contributed by atoms with Gasteiger partial charge in [0.15, 0.2) is 0 Å². The SMILES string of the molecule is COc1cccc(CN2CC[C@H]3CC(=O)NCCOCCOCC(=O)N[C@H]4C[C@@H](C(=O)NCC[C@H]3C2)N(C2CCOCC2)C4)c1. The third-order valence-electron chi connectivity index (χ3n) is 9.62. The highest BCUT2D eigenvalue weighted by Gasteiger charge is 2.41. The van der Waals surface area contributed by atoms with Crippen LogP contribution in [0, 0.1) is 11.8 Å². The quantitative estimate of drug-likeness (QED) is 0.446. The smallest absolute Gasteiger partial charge is 0.246 e. The minimum atomic E-state index is -0.306. The van der Waals surface area contributed by atoms with Crippen LogP contribution in [0.15, 0.2) is 24.3 Å². The number of methoxy groups -OCH3 is 1. The minimum absolute atomic E-state index is 0.0101. The second-order valence-electron chi connectivity index (χ2n) is 12.8. The first-order valence-electron chi connectivity index (χ1n) is 16.7. The van der Waals surface area contributed by atoms with Crippen molar-refractivity contribution in [1.29, 1.82) is 0 Å². The van der Waals surface area contributed by atoms with Crippen molar-refractivity contribution < 1.29 is 33.3 Å². The van der Waals surface area contributed by atoms with Gasteiger partial charge in [-0.15, -0.1) is 0 Å². The van der Waals surface area contributed by atoms with Crippen LogP contribution < -0.4 is 20.7 Å². The second kappa shape index (κ2) is 17.2. The first-order chi connectivity index (χ1) is 22.0. The Labute approximate surface area is 266 Å². The normalized spacial score (nSPS) is 29.5. The lowest BCUT2D eigenvalue weighted by Crippen LogP contribution is -2.50. The van der Waals surface area contributed by atoms with Gasteiger partial charge in [0.25, 0.3) is 0 Å². The third-order valence-corrected chi connectivity index (χ3v) is 9.62. The molecule has 4 aliphatic rings. The maximum atomic E-state index is 13.7. The average molecular weight is 630 g/mol. The molecule has 1 aromatic rings. The van der Waals surface area contributed by atoms with E-state index in [1.54, 1.807) is 7.11 Å². The van der Waals surface area contributed by atoms with E-state index in [-0.39, 0.29) is 54.3 Å². The number of benzene rings is 1. The van der Waals surface area contributed by atoms with Gasteiger partial charge in [0.2, 0.25) is 17.7 Å². The predicted molar refractivity (Wildman–Crippen MR) is 168 cm³/mol. The highest BCUT2D eigenvalue weighted by atomic mass is 16.5. The van der Waals surface area contributed by atoms with Crippen molar-refractivity contribution >= 4 is 17.7 Å². The monoisotopic (exact) mass is 629 g/mol. The van der Waals surface area contributed by atoms with E-state index in [2.05, 4.69) is 37.9 Å². The Morgan fingerprint density at radius 2 is 1.69 bits per heavy atom. The highest BCUT2D eigenvalue weighted by molar-refractivity contribution is 5.83. The van der Waals surface area contributed by atoms with Crippen LogP contribution in [0.3, 0.4) is 0 Å². The maximum absolute atomic E-state index is 13.7. The molecule has 4 aliphatic heterocycles. The highest BCUT2D eigenvalue weighted by Crippen LogP contribution is 2.31. The standard InChI is InChI=1S/C33H51N5O7/c1-42-29-4-2-3-24(17-29)20-37-11-6-25-18-31(39)34-10-14-44-15-16-45-23-32(40)36-27-19-30(33(41)35-9-5-26(25)21-37)38(22-27)28-7-12-43-13-8-28/h2-4,17,25-28,30H,5-16,18-23H2,1H3,(H,34,39)(H,35,41)(H,36,40)/t25-,26-,27-,30-/m0/s1. The van der Waals surface area contributed by atoms with E-state index in [1.807, 2.05) is 12.1 Å². The fraction of sp³-hybridized carbons (Fsp3) is 0.727. The number of nitrogens with zero attached hydrogens (tertiary/aromatic N) is 2. The largest absolute Gasteiger partial charge is 0.497 e. The summed E-state index contributed by atoms with van der Waals surface area (Å²) in [4.78, 5) is 43.9. The average Bonchev–Trinajstić information content (AvgIpc) is 3.47. The van der Waals surface area contributed by atoms with Gasteiger partial charge >= 0.3 is 0 Å². The van der Waals surface area contributed by atoms with Gasteiger partial charge in [-0.25, -0.2) is 0 Å². The molecule has 0 aliphatic carbocycles. The molecular formula is C33H51N5O7. The van der Waals surface area contributed by atoms with Crippen molar-refractivity contribution in [1.82, 2.24) is 25.8 Å². The van der Waals surface area contributed by atoms with Gasteiger partial charge < -0.3 is 34.9 Å². The molecule has 0 spiro atoms. The zero-order valence-corrected chi connectivity index (χ0v) is 26.7. The van der Waals surface area contributed by atoms with E-state index < -0.39 is 0 Å². The summed E-state index contributed by atoms with van der Waals surface area (Å²) in [5.41, 5.74) is 1.20. The van der Waals surface area contributed by atoms with Crippen LogP contribution >= 0.6 is 0 Å². The van der Waals surface area contributed by atoms with Crippen LogP contribution in [0.5, 0.6) is 5.75 Å². The molecule has 3 amide bonds. The Bertz CT molecular complexity index is 1120. The summed E-state index contributed by atoms with van der Waals surface area (Å²) in [6, 6.07) is 7.99. The summed E-state index contributed by atoms with van der Waals surface area (Å²) < 4.78 is 22.1. The molecule has 4 atom stereocenters. The number of hydrogen-bond acceptors (Lipinski definition) is 9. The molecule has 4 fully saturated rings. The summed E-state index contributed by atoms with van der Waals surface area (Å²) in [7, 11) is 1.68. The van der Waals surface area contributed by atoms with Gasteiger partial charge in [0.1, 0.15) is 12.4 Å². The van der Waals surface area contributed by atoms with Crippen LogP contribution in [0.25, 0.3) is 0 Å². The molecule has 1 aromatic carbocycles. The number of nitrogens with one attached hydrogen (secondary N) is 3. The number of ether oxygens (including phenoxy) is 4. The Hall–Kier alpha value is -2.77. The Morgan fingerprint density at radius 3 is 2.53 bits per heavy atom. The van der Waals surface area contributed by atoms with Gasteiger partial charge in [-0.1, -0.05) is 12.1 Å². The fourth-order valence-corrected chi connectivity index (χ4v) is 7.29. The van der Waals surface area contributed by atoms with Crippen LogP contribution in [-0.4, -0.2) is 125 Å². The molecule has 250 valence electrons. The molecule has 12 nitrogen and oxygen atoms in total. The number of carbonyl (C=O) groups excluding carboxylic acids is 3. The van der Waals surface area contributed by atoms with Crippen LogP contribution in [0.2, 0.25) is 0 Å². The van der Waals surface area contributed by atoms with Gasteiger partial charge in [-0.3, -0.25) is 24.2 Å². The minimum Gasteiger partial charge on any atom is -0.497 e. The molecule has 4 saturated heterocycles. The van der Waals surface area contributed by atoms with E-state index in [4.69, 9.17) is 18.9 Å². The van der Waals surface area contributed by atoms with E-state index in [1.165, 1.54) is 5.56 Å². The lowest BCUT2D eigenvalue weighted by atomic mass is 9.80. The molecule has 2 bridgehead atoms. The van der Waals surface area contributed by atoms with Crippen LogP contribution in [0.1, 0.15) is 44.1 Å². The Kier molecular flexibility index (Phi) is 12.9. The lowest BCUT2D eigenvalue weighted by molar-refractivity contribution is -0.128. The molecule has 5 rings (SSSR count).